The highest BCUT2D eigenvalue weighted by Crippen LogP contribution is 2.19. The first-order valence-corrected chi connectivity index (χ1v) is 5.91. The van der Waals surface area contributed by atoms with E-state index in [1.807, 2.05) is 0 Å². The van der Waals surface area contributed by atoms with Crippen LogP contribution in [0.2, 0.25) is 0 Å². The van der Waals surface area contributed by atoms with E-state index in [1.54, 1.807) is 6.92 Å². The Bertz CT molecular complexity index is 515. The van der Waals surface area contributed by atoms with Crippen molar-refractivity contribution in [3.8, 4) is 0 Å². The predicted molar refractivity (Wildman–Crippen MR) is 64.4 cm³/mol. The number of nitrogens with one attached hydrogen (secondary N) is 1. The van der Waals surface area contributed by atoms with Gasteiger partial charge in [-0.3, -0.25) is 9.36 Å². The summed E-state index contributed by atoms with van der Waals surface area (Å²) in [6, 6.07) is 1.50. The average Bonchev–Trinajstić information content (AvgIpc) is 2.87. The first-order valence-electron chi connectivity index (χ1n) is 5.91. The summed E-state index contributed by atoms with van der Waals surface area (Å²) >= 11 is 0. The topological polar surface area (TPSA) is 103 Å². The van der Waals surface area contributed by atoms with Crippen LogP contribution in [-0.4, -0.2) is 40.1 Å². The molecule has 0 radical (unpaired) electrons. The standard InChI is InChI=1S/C11H15N3O5/c1-2-8(16)12-7-3-4-14(11(17)13-7)9-6-18-10(5-15)19-9/h3-4,9-10,15H,2,5-6H2,1H3,(H,12,13,16,17)/t9-,10-/m0/s1. The maximum absolute atomic E-state index is 11.8. The second-order valence-electron chi connectivity index (χ2n) is 3.94. The molecule has 1 saturated heterocycles. The summed E-state index contributed by atoms with van der Waals surface area (Å²) in [5.74, 6) is -0.0174. The van der Waals surface area contributed by atoms with Gasteiger partial charge < -0.3 is 19.9 Å². The second-order valence-corrected chi connectivity index (χ2v) is 3.94. The van der Waals surface area contributed by atoms with Crippen LogP contribution in [0.15, 0.2) is 17.1 Å². The fraction of sp³-hybridized carbons (Fsp3) is 0.545. The number of carbonyl (C=O) groups excluding carboxylic acids is 1. The molecule has 2 heterocycles. The molecule has 0 aromatic carbocycles. The van der Waals surface area contributed by atoms with E-state index in [2.05, 4.69) is 10.3 Å². The molecule has 1 aromatic heterocycles. The zero-order chi connectivity index (χ0) is 13.8. The van der Waals surface area contributed by atoms with E-state index in [-0.39, 0.29) is 24.9 Å². The monoisotopic (exact) mass is 269 g/mol. The Labute approximate surface area is 109 Å². The van der Waals surface area contributed by atoms with Crippen LogP contribution in [0.4, 0.5) is 5.82 Å². The van der Waals surface area contributed by atoms with E-state index in [9.17, 15) is 9.59 Å². The van der Waals surface area contributed by atoms with Crippen molar-refractivity contribution in [1.29, 1.82) is 0 Å². The number of aromatic nitrogens is 2. The molecule has 0 unspecified atom stereocenters. The van der Waals surface area contributed by atoms with Gasteiger partial charge in [0, 0.05) is 12.6 Å². The Morgan fingerprint density at radius 1 is 1.68 bits per heavy atom. The molecule has 1 aromatic rings. The average molecular weight is 269 g/mol. The molecule has 1 fully saturated rings. The van der Waals surface area contributed by atoms with Crippen LogP contribution in [0.5, 0.6) is 0 Å². The normalized spacial score (nSPS) is 22.4. The van der Waals surface area contributed by atoms with Crippen LogP contribution in [0, 0.1) is 0 Å². The van der Waals surface area contributed by atoms with E-state index in [1.165, 1.54) is 16.8 Å². The quantitative estimate of drug-likeness (QED) is 0.760. The van der Waals surface area contributed by atoms with Crippen LogP contribution in [0.1, 0.15) is 19.6 Å². The Balaban J connectivity index is 2.12. The number of carbonyl (C=O) groups is 1. The minimum absolute atomic E-state index is 0.160. The molecular formula is C11H15N3O5. The molecule has 19 heavy (non-hydrogen) atoms. The third-order valence-electron chi connectivity index (χ3n) is 2.61. The SMILES string of the molecule is CCC(=O)Nc1ccn([C@@H]2CO[C@H](CO)O2)c(=O)n1. The van der Waals surface area contributed by atoms with Crippen molar-refractivity contribution in [2.75, 3.05) is 18.5 Å². The van der Waals surface area contributed by atoms with Gasteiger partial charge in [-0.05, 0) is 6.07 Å². The lowest BCUT2D eigenvalue weighted by atomic mass is 10.4. The molecule has 8 nitrogen and oxygen atoms in total. The van der Waals surface area contributed by atoms with Crippen molar-refractivity contribution >= 4 is 11.7 Å². The molecule has 1 amide bonds. The Morgan fingerprint density at radius 2 is 2.47 bits per heavy atom. The number of rotatable bonds is 4. The van der Waals surface area contributed by atoms with Gasteiger partial charge in [0.1, 0.15) is 5.82 Å². The van der Waals surface area contributed by atoms with Gasteiger partial charge in [-0.15, -0.1) is 0 Å². The van der Waals surface area contributed by atoms with Gasteiger partial charge >= 0.3 is 5.69 Å². The number of anilines is 1. The van der Waals surface area contributed by atoms with Crippen molar-refractivity contribution in [1.82, 2.24) is 9.55 Å². The summed E-state index contributed by atoms with van der Waals surface area (Å²) < 4.78 is 11.6. The fourth-order valence-electron chi connectivity index (χ4n) is 1.62. The van der Waals surface area contributed by atoms with Crippen molar-refractivity contribution in [2.45, 2.75) is 25.9 Å². The van der Waals surface area contributed by atoms with Crippen LogP contribution in [0.25, 0.3) is 0 Å². The third kappa shape index (κ3) is 3.16. The summed E-state index contributed by atoms with van der Waals surface area (Å²) in [6.45, 7) is 1.59. The molecule has 2 N–H and O–H groups in total. The van der Waals surface area contributed by atoms with Crippen LogP contribution in [-0.2, 0) is 14.3 Å². The molecule has 2 atom stereocenters. The lowest BCUT2D eigenvalue weighted by Gasteiger charge is -2.12. The van der Waals surface area contributed by atoms with Crippen molar-refractivity contribution < 1.29 is 19.4 Å². The minimum Gasteiger partial charge on any atom is -0.391 e. The van der Waals surface area contributed by atoms with Gasteiger partial charge in [0.05, 0.1) is 13.2 Å². The van der Waals surface area contributed by atoms with E-state index >= 15 is 0 Å². The van der Waals surface area contributed by atoms with Crippen molar-refractivity contribution in [3.63, 3.8) is 0 Å². The Hall–Kier alpha value is -1.77. The minimum atomic E-state index is -0.726. The molecule has 0 spiro atoms. The van der Waals surface area contributed by atoms with E-state index < -0.39 is 18.2 Å². The first-order chi connectivity index (χ1) is 9.13. The number of aliphatic hydroxyl groups is 1. The fourth-order valence-corrected chi connectivity index (χ4v) is 1.62. The largest absolute Gasteiger partial charge is 0.391 e. The predicted octanol–water partition coefficient (Wildman–Crippen LogP) is -0.544. The lowest BCUT2D eigenvalue weighted by molar-refractivity contribution is -0.115. The summed E-state index contributed by atoms with van der Waals surface area (Å²) in [7, 11) is 0. The van der Waals surface area contributed by atoms with Gasteiger partial charge in [-0.2, -0.15) is 4.98 Å². The summed E-state index contributed by atoms with van der Waals surface area (Å²) in [4.78, 5) is 26.7. The number of nitrogens with zero attached hydrogens (tertiary/aromatic N) is 2. The maximum Gasteiger partial charge on any atom is 0.351 e. The second kappa shape index (κ2) is 5.91. The first kappa shape index (κ1) is 13.7. The Morgan fingerprint density at radius 3 is 3.05 bits per heavy atom. The molecular weight excluding hydrogens is 254 g/mol. The molecule has 104 valence electrons. The van der Waals surface area contributed by atoms with Crippen molar-refractivity contribution in [3.05, 3.63) is 22.7 Å². The van der Waals surface area contributed by atoms with Gasteiger partial charge in [0.15, 0.2) is 12.5 Å². The molecule has 1 aliphatic rings. The van der Waals surface area contributed by atoms with Crippen LogP contribution < -0.4 is 11.0 Å². The molecule has 8 heteroatoms. The lowest BCUT2D eigenvalue weighted by Crippen LogP contribution is -2.29. The van der Waals surface area contributed by atoms with Gasteiger partial charge in [0.2, 0.25) is 5.91 Å². The van der Waals surface area contributed by atoms with Crippen LogP contribution >= 0.6 is 0 Å². The van der Waals surface area contributed by atoms with Gasteiger partial charge in [0.25, 0.3) is 0 Å². The maximum atomic E-state index is 11.8. The summed E-state index contributed by atoms with van der Waals surface area (Å²) in [6.07, 6.45) is 0.432. The summed E-state index contributed by atoms with van der Waals surface area (Å²) in [5, 5.41) is 11.4. The molecule has 0 saturated carbocycles. The van der Waals surface area contributed by atoms with Crippen molar-refractivity contribution in [2.24, 2.45) is 0 Å². The van der Waals surface area contributed by atoms with Gasteiger partial charge in [-0.25, -0.2) is 4.79 Å². The smallest absolute Gasteiger partial charge is 0.351 e. The van der Waals surface area contributed by atoms with Crippen LogP contribution in [0.3, 0.4) is 0 Å². The highest BCUT2D eigenvalue weighted by molar-refractivity contribution is 5.89. The zero-order valence-corrected chi connectivity index (χ0v) is 10.4. The number of aliphatic hydroxyl groups excluding tert-OH is 1. The number of amides is 1. The third-order valence-corrected chi connectivity index (χ3v) is 2.61. The van der Waals surface area contributed by atoms with E-state index in [4.69, 9.17) is 14.6 Å². The summed E-state index contributed by atoms with van der Waals surface area (Å²) in [5.41, 5.74) is -0.555. The highest BCUT2D eigenvalue weighted by Gasteiger charge is 2.27. The van der Waals surface area contributed by atoms with Gasteiger partial charge in [-0.1, -0.05) is 6.92 Å². The van der Waals surface area contributed by atoms with E-state index in [0.717, 1.165) is 0 Å². The number of ether oxygens (including phenoxy) is 2. The Kier molecular flexibility index (Phi) is 4.25. The molecule has 0 bridgehead atoms. The zero-order valence-electron chi connectivity index (χ0n) is 10.4. The molecule has 1 aliphatic heterocycles. The highest BCUT2D eigenvalue weighted by atomic mass is 16.7. The number of hydrogen-bond donors (Lipinski definition) is 2. The van der Waals surface area contributed by atoms with E-state index in [0.29, 0.717) is 6.42 Å². The molecule has 2 rings (SSSR count). The number of hydrogen-bond acceptors (Lipinski definition) is 6. The molecule has 0 aliphatic carbocycles.